The molecule has 0 unspecified atom stereocenters. The molecule has 0 aromatic heterocycles. The molecule has 1 aromatic rings. The number of hydrogen-bond acceptors (Lipinski definition) is 4. The Morgan fingerprint density at radius 2 is 2.00 bits per heavy atom. The van der Waals surface area contributed by atoms with Gasteiger partial charge < -0.3 is 10.6 Å². The van der Waals surface area contributed by atoms with E-state index in [1.807, 2.05) is 0 Å². The van der Waals surface area contributed by atoms with Crippen LogP contribution >= 0.6 is 15.9 Å². The van der Waals surface area contributed by atoms with Crippen LogP contribution in [0.2, 0.25) is 0 Å². The van der Waals surface area contributed by atoms with E-state index in [9.17, 15) is 14.4 Å². The SMILES string of the molecule is Cc1c(N)cc(Br)cc1C(=O)N1CC(=O)NC(=O)C1(C)C. The Hall–Kier alpha value is -1.89. The van der Waals surface area contributed by atoms with Crippen molar-refractivity contribution in [1.29, 1.82) is 0 Å². The van der Waals surface area contributed by atoms with E-state index in [0.717, 1.165) is 0 Å². The van der Waals surface area contributed by atoms with Crippen molar-refractivity contribution in [2.24, 2.45) is 0 Å². The fourth-order valence-corrected chi connectivity index (χ4v) is 2.65. The highest BCUT2D eigenvalue weighted by atomic mass is 79.9. The molecule has 1 aromatic carbocycles. The van der Waals surface area contributed by atoms with Crippen LogP contribution in [0.3, 0.4) is 0 Å². The number of halogens is 1. The molecule has 3 amide bonds. The van der Waals surface area contributed by atoms with Crippen LogP contribution in [0, 0.1) is 6.92 Å². The average Bonchev–Trinajstić information content (AvgIpc) is 2.37. The highest BCUT2D eigenvalue weighted by Crippen LogP contribution is 2.27. The Bertz CT molecular complexity index is 655. The fourth-order valence-electron chi connectivity index (χ4n) is 2.18. The predicted molar refractivity (Wildman–Crippen MR) is 81.6 cm³/mol. The molecule has 0 bridgehead atoms. The molecule has 2 rings (SSSR count). The maximum Gasteiger partial charge on any atom is 0.255 e. The second-order valence-electron chi connectivity index (χ2n) is 5.50. The number of imide groups is 1. The first-order valence-electron chi connectivity index (χ1n) is 6.36. The Kier molecular flexibility index (Phi) is 3.79. The van der Waals surface area contributed by atoms with Crippen LogP contribution in [0.5, 0.6) is 0 Å². The number of amides is 3. The van der Waals surface area contributed by atoms with Crippen molar-refractivity contribution in [1.82, 2.24) is 10.2 Å². The van der Waals surface area contributed by atoms with Crippen LogP contribution in [-0.2, 0) is 9.59 Å². The van der Waals surface area contributed by atoms with Crippen molar-refractivity contribution in [3.8, 4) is 0 Å². The molecule has 1 heterocycles. The van der Waals surface area contributed by atoms with Gasteiger partial charge >= 0.3 is 0 Å². The van der Waals surface area contributed by atoms with Crippen LogP contribution in [0.25, 0.3) is 0 Å². The van der Waals surface area contributed by atoms with Crippen LogP contribution < -0.4 is 11.1 Å². The molecule has 0 spiro atoms. The number of piperazine rings is 1. The van der Waals surface area contributed by atoms with Crippen molar-refractivity contribution in [2.45, 2.75) is 26.3 Å². The van der Waals surface area contributed by atoms with Gasteiger partial charge in [-0.2, -0.15) is 0 Å². The maximum atomic E-state index is 12.7. The van der Waals surface area contributed by atoms with E-state index in [-0.39, 0.29) is 6.54 Å². The van der Waals surface area contributed by atoms with Crippen molar-refractivity contribution >= 4 is 39.3 Å². The minimum absolute atomic E-state index is 0.163. The van der Waals surface area contributed by atoms with Gasteiger partial charge in [0.1, 0.15) is 12.1 Å². The Labute approximate surface area is 130 Å². The predicted octanol–water partition coefficient (Wildman–Crippen LogP) is 1.22. The lowest BCUT2D eigenvalue weighted by Crippen LogP contribution is -2.65. The van der Waals surface area contributed by atoms with Gasteiger partial charge in [0.2, 0.25) is 5.91 Å². The van der Waals surface area contributed by atoms with Crippen molar-refractivity contribution in [3.63, 3.8) is 0 Å². The summed E-state index contributed by atoms with van der Waals surface area (Å²) in [5.41, 5.74) is 6.23. The van der Waals surface area contributed by atoms with Gasteiger partial charge in [0, 0.05) is 15.7 Å². The monoisotopic (exact) mass is 353 g/mol. The number of nitrogens with two attached hydrogens (primary N) is 1. The van der Waals surface area contributed by atoms with Crippen molar-refractivity contribution in [2.75, 3.05) is 12.3 Å². The molecule has 1 saturated heterocycles. The first-order chi connectivity index (χ1) is 9.64. The largest absolute Gasteiger partial charge is 0.398 e. The first-order valence-corrected chi connectivity index (χ1v) is 7.15. The standard InChI is InChI=1S/C14H16BrN3O3/c1-7-9(4-8(15)5-10(7)16)12(20)18-6-11(19)17-13(21)14(18,2)3/h4-5H,6,16H2,1-3H3,(H,17,19,21). The minimum atomic E-state index is -1.10. The minimum Gasteiger partial charge on any atom is -0.398 e. The van der Waals surface area contributed by atoms with Crippen LogP contribution in [0.1, 0.15) is 29.8 Å². The highest BCUT2D eigenvalue weighted by Gasteiger charge is 2.44. The lowest BCUT2D eigenvalue weighted by Gasteiger charge is -2.40. The highest BCUT2D eigenvalue weighted by molar-refractivity contribution is 9.10. The van der Waals surface area contributed by atoms with E-state index < -0.39 is 23.3 Å². The smallest absolute Gasteiger partial charge is 0.255 e. The molecule has 1 fully saturated rings. The van der Waals surface area contributed by atoms with Crippen LogP contribution in [-0.4, -0.2) is 34.7 Å². The number of nitrogens with zero attached hydrogens (tertiary/aromatic N) is 1. The summed E-state index contributed by atoms with van der Waals surface area (Å²) >= 11 is 3.29. The molecule has 21 heavy (non-hydrogen) atoms. The van der Waals surface area contributed by atoms with Gasteiger partial charge in [0.25, 0.3) is 11.8 Å². The molecule has 3 N–H and O–H groups in total. The third-order valence-electron chi connectivity index (χ3n) is 3.67. The summed E-state index contributed by atoms with van der Waals surface area (Å²) in [4.78, 5) is 37.5. The van der Waals surface area contributed by atoms with E-state index in [0.29, 0.717) is 21.3 Å². The average molecular weight is 354 g/mol. The van der Waals surface area contributed by atoms with E-state index in [2.05, 4.69) is 21.2 Å². The third-order valence-corrected chi connectivity index (χ3v) is 4.13. The quantitative estimate of drug-likeness (QED) is 0.586. The molecule has 0 saturated carbocycles. The summed E-state index contributed by atoms with van der Waals surface area (Å²) in [6.45, 7) is 4.77. The molecule has 7 heteroatoms. The van der Waals surface area contributed by atoms with E-state index in [1.54, 1.807) is 32.9 Å². The summed E-state index contributed by atoms with van der Waals surface area (Å²) in [5.74, 6) is -1.38. The lowest BCUT2D eigenvalue weighted by atomic mass is 9.96. The summed E-state index contributed by atoms with van der Waals surface area (Å²) < 4.78 is 0.666. The molecule has 1 aliphatic rings. The van der Waals surface area contributed by atoms with Crippen molar-refractivity contribution in [3.05, 3.63) is 27.7 Å². The fraction of sp³-hybridized carbons (Fsp3) is 0.357. The summed E-state index contributed by atoms with van der Waals surface area (Å²) in [7, 11) is 0. The van der Waals surface area contributed by atoms with Gasteiger partial charge in [-0.25, -0.2) is 0 Å². The Balaban J connectivity index is 2.48. The zero-order chi connectivity index (χ0) is 15.9. The van der Waals surface area contributed by atoms with Gasteiger partial charge in [-0.3, -0.25) is 19.7 Å². The number of rotatable bonds is 1. The van der Waals surface area contributed by atoms with Crippen LogP contribution in [0.4, 0.5) is 5.69 Å². The molecule has 1 aliphatic heterocycles. The molecule has 0 aliphatic carbocycles. The van der Waals surface area contributed by atoms with Crippen LogP contribution in [0.15, 0.2) is 16.6 Å². The third kappa shape index (κ3) is 2.65. The number of nitrogen functional groups attached to an aromatic ring is 1. The molecular formula is C14H16BrN3O3. The number of nitrogens with one attached hydrogen (secondary N) is 1. The first kappa shape index (κ1) is 15.5. The molecule has 6 nitrogen and oxygen atoms in total. The van der Waals surface area contributed by atoms with E-state index in [1.165, 1.54) is 4.90 Å². The topological polar surface area (TPSA) is 92.5 Å². The number of carbonyl (C=O) groups excluding carboxylic acids is 3. The summed E-state index contributed by atoms with van der Waals surface area (Å²) in [6, 6.07) is 3.34. The second-order valence-corrected chi connectivity index (χ2v) is 6.41. The number of benzene rings is 1. The molecular weight excluding hydrogens is 338 g/mol. The Morgan fingerprint density at radius 3 is 2.62 bits per heavy atom. The van der Waals surface area contributed by atoms with Gasteiger partial charge in [-0.15, -0.1) is 0 Å². The lowest BCUT2D eigenvalue weighted by molar-refractivity contribution is -0.143. The summed E-state index contributed by atoms with van der Waals surface area (Å²) in [5, 5.41) is 2.24. The zero-order valence-corrected chi connectivity index (χ0v) is 13.6. The number of hydrogen-bond donors (Lipinski definition) is 2. The number of carbonyl (C=O) groups is 3. The molecule has 0 atom stereocenters. The second kappa shape index (κ2) is 5.14. The van der Waals surface area contributed by atoms with Crippen molar-refractivity contribution < 1.29 is 14.4 Å². The van der Waals surface area contributed by atoms with Gasteiger partial charge in [0.15, 0.2) is 0 Å². The molecule has 0 radical (unpaired) electrons. The number of anilines is 1. The Morgan fingerprint density at radius 1 is 1.38 bits per heavy atom. The van der Waals surface area contributed by atoms with E-state index >= 15 is 0 Å². The zero-order valence-electron chi connectivity index (χ0n) is 12.0. The van der Waals surface area contributed by atoms with Gasteiger partial charge in [-0.1, -0.05) is 15.9 Å². The summed E-state index contributed by atoms with van der Waals surface area (Å²) in [6.07, 6.45) is 0. The van der Waals surface area contributed by atoms with Gasteiger partial charge in [0.05, 0.1) is 0 Å². The molecule has 112 valence electrons. The van der Waals surface area contributed by atoms with Gasteiger partial charge in [-0.05, 0) is 38.5 Å². The maximum absolute atomic E-state index is 12.7. The normalized spacial score (nSPS) is 17.6. The van der Waals surface area contributed by atoms with E-state index in [4.69, 9.17) is 5.73 Å².